The Morgan fingerprint density at radius 2 is 1.80 bits per heavy atom. The van der Waals surface area contributed by atoms with Gasteiger partial charge in [-0.1, -0.05) is 41.9 Å². The summed E-state index contributed by atoms with van der Waals surface area (Å²) in [6.07, 6.45) is -1.39. The molecule has 158 valence electrons. The van der Waals surface area contributed by atoms with Crippen LogP contribution in [-0.2, 0) is 14.3 Å². The zero-order valence-electron chi connectivity index (χ0n) is 16.5. The number of carbonyl (C=O) groups is 4. The quantitative estimate of drug-likeness (QED) is 0.436. The molecule has 0 saturated carbocycles. The third kappa shape index (κ3) is 6.59. The van der Waals surface area contributed by atoms with Gasteiger partial charge in [0.25, 0.3) is 5.91 Å². The average molecular weight is 432 g/mol. The number of Topliss-reactive ketones (excluding diaryl/α,β-unsaturated/α-hetero) is 1. The molecule has 3 amide bonds. The van der Waals surface area contributed by atoms with Crippen LogP contribution >= 0.6 is 11.6 Å². The minimum absolute atomic E-state index is 0.141. The fraction of sp³-hybridized carbons (Fsp3) is 0.238. The summed E-state index contributed by atoms with van der Waals surface area (Å²) in [5.41, 5.74) is 6.53. The molecule has 0 heterocycles. The van der Waals surface area contributed by atoms with Gasteiger partial charge >= 0.3 is 12.0 Å². The number of benzene rings is 2. The first-order valence-corrected chi connectivity index (χ1v) is 9.47. The van der Waals surface area contributed by atoms with Crippen LogP contribution in [0.4, 0.5) is 10.5 Å². The number of amides is 3. The summed E-state index contributed by atoms with van der Waals surface area (Å²) in [4.78, 5) is 47.4. The van der Waals surface area contributed by atoms with E-state index in [0.717, 1.165) is 0 Å². The molecule has 0 aliphatic carbocycles. The van der Waals surface area contributed by atoms with E-state index in [2.05, 4.69) is 10.6 Å². The van der Waals surface area contributed by atoms with Crippen molar-refractivity contribution in [3.63, 3.8) is 0 Å². The lowest BCUT2D eigenvalue weighted by Gasteiger charge is -2.20. The highest BCUT2D eigenvalue weighted by atomic mass is 35.5. The van der Waals surface area contributed by atoms with Gasteiger partial charge in [-0.2, -0.15) is 0 Å². The van der Waals surface area contributed by atoms with Crippen molar-refractivity contribution in [1.29, 1.82) is 0 Å². The number of esters is 1. The van der Waals surface area contributed by atoms with E-state index in [-0.39, 0.29) is 12.2 Å². The van der Waals surface area contributed by atoms with Crippen molar-refractivity contribution in [2.24, 2.45) is 5.73 Å². The number of halogens is 1. The van der Waals surface area contributed by atoms with Gasteiger partial charge in [-0.3, -0.25) is 14.4 Å². The van der Waals surface area contributed by atoms with E-state index in [1.165, 1.54) is 19.9 Å². The molecule has 0 aliphatic heterocycles. The Morgan fingerprint density at radius 3 is 2.43 bits per heavy atom. The van der Waals surface area contributed by atoms with Gasteiger partial charge in [0.05, 0.1) is 12.5 Å². The third-order valence-corrected chi connectivity index (χ3v) is 4.53. The van der Waals surface area contributed by atoms with E-state index in [1.807, 2.05) is 0 Å². The second-order valence-corrected chi connectivity index (χ2v) is 6.95. The van der Waals surface area contributed by atoms with E-state index >= 15 is 0 Å². The van der Waals surface area contributed by atoms with Gasteiger partial charge in [0, 0.05) is 16.3 Å². The van der Waals surface area contributed by atoms with Gasteiger partial charge in [-0.15, -0.1) is 0 Å². The topological polar surface area (TPSA) is 128 Å². The monoisotopic (exact) mass is 431 g/mol. The highest BCUT2D eigenvalue weighted by molar-refractivity contribution is 6.31. The molecule has 0 radical (unpaired) electrons. The zero-order valence-corrected chi connectivity index (χ0v) is 17.2. The predicted octanol–water partition coefficient (Wildman–Crippen LogP) is 3.21. The molecule has 0 aromatic heterocycles. The Kier molecular flexibility index (Phi) is 7.94. The fourth-order valence-electron chi connectivity index (χ4n) is 2.69. The maximum atomic E-state index is 12.3. The number of anilines is 1. The number of rotatable bonds is 8. The van der Waals surface area contributed by atoms with Crippen LogP contribution in [-0.4, -0.2) is 29.8 Å². The molecule has 0 bridgehead atoms. The summed E-state index contributed by atoms with van der Waals surface area (Å²) in [6, 6.07) is 11.4. The van der Waals surface area contributed by atoms with Crippen molar-refractivity contribution in [2.45, 2.75) is 32.4 Å². The van der Waals surface area contributed by atoms with E-state index in [9.17, 15) is 19.2 Å². The zero-order chi connectivity index (χ0) is 22.3. The SMILES string of the molecule is CC(=O)c1cccc(NC(=O)[C@H](C)OC(=O)C[C@H](NC(N)=O)c2ccccc2Cl)c1. The van der Waals surface area contributed by atoms with Gasteiger partial charge in [0.15, 0.2) is 11.9 Å². The molecule has 0 fully saturated rings. The number of nitrogens with two attached hydrogens (primary N) is 1. The highest BCUT2D eigenvalue weighted by Gasteiger charge is 2.24. The van der Waals surface area contributed by atoms with E-state index in [4.69, 9.17) is 22.1 Å². The predicted molar refractivity (Wildman–Crippen MR) is 112 cm³/mol. The molecule has 9 heteroatoms. The lowest BCUT2D eigenvalue weighted by Crippen LogP contribution is -2.36. The van der Waals surface area contributed by atoms with E-state index < -0.39 is 30.1 Å². The molecule has 0 spiro atoms. The summed E-state index contributed by atoms with van der Waals surface area (Å²) in [7, 11) is 0. The van der Waals surface area contributed by atoms with Crippen molar-refractivity contribution in [1.82, 2.24) is 5.32 Å². The van der Waals surface area contributed by atoms with Crippen LogP contribution in [0.2, 0.25) is 5.02 Å². The maximum absolute atomic E-state index is 12.3. The van der Waals surface area contributed by atoms with Gasteiger partial charge in [-0.25, -0.2) is 4.79 Å². The summed E-state index contributed by atoms with van der Waals surface area (Å²) in [5, 5.41) is 5.38. The number of ether oxygens (including phenoxy) is 1. The van der Waals surface area contributed by atoms with Crippen molar-refractivity contribution in [3.05, 3.63) is 64.7 Å². The summed E-state index contributed by atoms with van der Waals surface area (Å²) < 4.78 is 5.18. The van der Waals surface area contributed by atoms with Crippen molar-refractivity contribution in [2.75, 3.05) is 5.32 Å². The molecule has 0 unspecified atom stereocenters. The standard InChI is InChI=1S/C21H22ClN3O5/c1-12(26)14-6-5-7-15(10-14)24-20(28)13(2)30-19(27)11-18(25-21(23)29)16-8-3-4-9-17(16)22/h3-10,13,18H,11H2,1-2H3,(H,24,28)(H3,23,25,29)/t13-,18-/m0/s1. The summed E-state index contributed by atoms with van der Waals surface area (Å²) in [6.45, 7) is 2.83. The molecular weight excluding hydrogens is 410 g/mol. The molecule has 2 atom stereocenters. The fourth-order valence-corrected chi connectivity index (χ4v) is 2.96. The molecule has 30 heavy (non-hydrogen) atoms. The Bertz CT molecular complexity index is 963. The van der Waals surface area contributed by atoms with Crippen molar-refractivity contribution in [3.8, 4) is 0 Å². The Hall–Kier alpha value is -3.39. The minimum Gasteiger partial charge on any atom is -0.452 e. The van der Waals surface area contributed by atoms with E-state index in [1.54, 1.807) is 42.5 Å². The summed E-state index contributed by atoms with van der Waals surface area (Å²) in [5.74, 6) is -1.44. The lowest BCUT2D eigenvalue weighted by molar-refractivity contribution is -0.153. The van der Waals surface area contributed by atoms with Gasteiger partial charge in [-0.05, 0) is 37.6 Å². The third-order valence-electron chi connectivity index (χ3n) is 4.18. The molecule has 0 saturated heterocycles. The summed E-state index contributed by atoms with van der Waals surface area (Å²) >= 11 is 6.13. The minimum atomic E-state index is -1.11. The first-order valence-electron chi connectivity index (χ1n) is 9.09. The first kappa shape index (κ1) is 22.9. The average Bonchev–Trinajstić information content (AvgIpc) is 2.67. The molecule has 2 rings (SSSR count). The van der Waals surface area contributed by atoms with Crippen LogP contribution in [0.5, 0.6) is 0 Å². The Labute approximate surface area is 178 Å². The van der Waals surface area contributed by atoms with Crippen LogP contribution in [0.25, 0.3) is 0 Å². The van der Waals surface area contributed by atoms with Crippen LogP contribution < -0.4 is 16.4 Å². The number of hydrogen-bond donors (Lipinski definition) is 3. The number of carbonyl (C=O) groups excluding carboxylic acids is 4. The maximum Gasteiger partial charge on any atom is 0.312 e. The second-order valence-electron chi connectivity index (χ2n) is 6.55. The molecule has 4 N–H and O–H groups in total. The lowest BCUT2D eigenvalue weighted by atomic mass is 10.0. The molecule has 8 nitrogen and oxygen atoms in total. The van der Waals surface area contributed by atoms with E-state index in [0.29, 0.717) is 21.8 Å². The largest absolute Gasteiger partial charge is 0.452 e. The van der Waals surface area contributed by atoms with Crippen LogP contribution in [0.15, 0.2) is 48.5 Å². The van der Waals surface area contributed by atoms with Crippen molar-refractivity contribution < 1.29 is 23.9 Å². The number of ketones is 1. The van der Waals surface area contributed by atoms with Crippen molar-refractivity contribution >= 4 is 41.0 Å². The van der Waals surface area contributed by atoms with Crippen LogP contribution in [0.1, 0.15) is 42.2 Å². The Morgan fingerprint density at radius 1 is 1.10 bits per heavy atom. The number of primary amides is 1. The second kappa shape index (κ2) is 10.4. The van der Waals surface area contributed by atoms with Gasteiger partial charge in [0.2, 0.25) is 0 Å². The van der Waals surface area contributed by atoms with Gasteiger partial charge in [0.1, 0.15) is 0 Å². The van der Waals surface area contributed by atoms with Gasteiger partial charge < -0.3 is 21.1 Å². The normalized spacial score (nSPS) is 12.4. The highest BCUT2D eigenvalue weighted by Crippen LogP contribution is 2.25. The molecule has 2 aromatic rings. The smallest absolute Gasteiger partial charge is 0.312 e. The molecule has 2 aromatic carbocycles. The van der Waals surface area contributed by atoms with Crippen LogP contribution in [0, 0.1) is 0 Å². The molecular formula is C21H22ClN3O5. The molecule has 0 aliphatic rings. The Balaban J connectivity index is 2.01. The first-order chi connectivity index (χ1) is 14.2. The number of urea groups is 1. The number of nitrogens with one attached hydrogen (secondary N) is 2. The van der Waals surface area contributed by atoms with Crippen LogP contribution in [0.3, 0.4) is 0 Å². The number of hydrogen-bond acceptors (Lipinski definition) is 5.